The summed E-state index contributed by atoms with van der Waals surface area (Å²) in [6, 6.07) is 3.66. The zero-order valence-electron chi connectivity index (χ0n) is 10.5. The maximum Gasteiger partial charge on any atom is 0.226 e. The predicted molar refractivity (Wildman–Crippen MR) is 66.7 cm³/mol. The van der Waals surface area contributed by atoms with Crippen molar-refractivity contribution in [1.29, 1.82) is 0 Å². The first-order chi connectivity index (χ1) is 8.37. The summed E-state index contributed by atoms with van der Waals surface area (Å²) in [5.41, 5.74) is 0. The molecule has 0 aromatic carbocycles. The van der Waals surface area contributed by atoms with Gasteiger partial charge in [0.05, 0.1) is 24.0 Å². The number of hydrogen-bond acceptors (Lipinski definition) is 4. The molecule has 1 aromatic heterocycles. The van der Waals surface area contributed by atoms with Crippen molar-refractivity contribution in [2.24, 2.45) is 5.92 Å². The van der Waals surface area contributed by atoms with Gasteiger partial charge in [-0.15, -0.1) is 0 Å². The fourth-order valence-corrected chi connectivity index (χ4v) is 3.92. The van der Waals surface area contributed by atoms with Crippen LogP contribution in [-0.2, 0) is 21.2 Å². The SMILES string of the molecule is Cc1ccc(CN(C)C(=O)C2CCS(=O)(=O)C2)o1. The largest absolute Gasteiger partial charge is 0.464 e. The lowest BCUT2D eigenvalue weighted by Gasteiger charge is -2.19. The van der Waals surface area contributed by atoms with Crippen LogP contribution in [-0.4, -0.2) is 37.8 Å². The van der Waals surface area contributed by atoms with Crippen LogP contribution < -0.4 is 0 Å². The number of sulfone groups is 1. The molecule has 1 aliphatic heterocycles. The molecule has 0 aliphatic carbocycles. The quantitative estimate of drug-likeness (QED) is 0.822. The van der Waals surface area contributed by atoms with Crippen LogP contribution in [0.3, 0.4) is 0 Å². The van der Waals surface area contributed by atoms with Crippen LogP contribution in [0.5, 0.6) is 0 Å². The van der Waals surface area contributed by atoms with Gasteiger partial charge in [0, 0.05) is 7.05 Å². The van der Waals surface area contributed by atoms with Crippen molar-refractivity contribution < 1.29 is 17.6 Å². The van der Waals surface area contributed by atoms with Gasteiger partial charge in [-0.2, -0.15) is 0 Å². The molecule has 1 fully saturated rings. The van der Waals surface area contributed by atoms with Crippen LogP contribution in [0.1, 0.15) is 17.9 Å². The predicted octanol–water partition coefficient (Wildman–Crippen LogP) is 0.981. The van der Waals surface area contributed by atoms with E-state index < -0.39 is 15.8 Å². The molecule has 0 radical (unpaired) electrons. The second-order valence-electron chi connectivity index (χ2n) is 4.81. The summed E-state index contributed by atoms with van der Waals surface area (Å²) in [5.74, 6) is 1.10. The number of rotatable bonds is 3. The van der Waals surface area contributed by atoms with E-state index in [0.717, 1.165) is 5.76 Å². The molecule has 0 saturated carbocycles. The molecule has 2 heterocycles. The Labute approximate surface area is 107 Å². The molecule has 1 aromatic rings. The highest BCUT2D eigenvalue weighted by molar-refractivity contribution is 7.91. The summed E-state index contributed by atoms with van der Waals surface area (Å²) in [6.45, 7) is 2.22. The molecule has 6 heteroatoms. The summed E-state index contributed by atoms with van der Waals surface area (Å²) in [6.07, 6.45) is 0.433. The number of carbonyl (C=O) groups excluding carboxylic acids is 1. The summed E-state index contributed by atoms with van der Waals surface area (Å²) in [4.78, 5) is 13.6. The Morgan fingerprint density at radius 2 is 2.22 bits per heavy atom. The third kappa shape index (κ3) is 2.93. The summed E-state index contributed by atoms with van der Waals surface area (Å²) in [5, 5.41) is 0. The van der Waals surface area contributed by atoms with Gasteiger partial charge >= 0.3 is 0 Å². The van der Waals surface area contributed by atoms with Crippen molar-refractivity contribution in [3.05, 3.63) is 23.7 Å². The molecule has 5 nitrogen and oxygen atoms in total. The van der Waals surface area contributed by atoms with Gasteiger partial charge in [-0.3, -0.25) is 4.79 Å². The van der Waals surface area contributed by atoms with Crippen LogP contribution in [0.15, 0.2) is 16.5 Å². The highest BCUT2D eigenvalue weighted by atomic mass is 32.2. The van der Waals surface area contributed by atoms with Gasteiger partial charge in [-0.05, 0) is 25.5 Å². The maximum atomic E-state index is 12.1. The minimum atomic E-state index is -3.01. The third-order valence-electron chi connectivity index (χ3n) is 3.15. The van der Waals surface area contributed by atoms with Crippen molar-refractivity contribution in [2.75, 3.05) is 18.6 Å². The minimum absolute atomic E-state index is 0.0205. The fraction of sp³-hybridized carbons (Fsp3) is 0.583. The zero-order valence-corrected chi connectivity index (χ0v) is 11.4. The van der Waals surface area contributed by atoms with E-state index in [9.17, 15) is 13.2 Å². The van der Waals surface area contributed by atoms with Crippen LogP contribution in [0.2, 0.25) is 0 Å². The number of carbonyl (C=O) groups is 1. The minimum Gasteiger partial charge on any atom is -0.464 e. The molecular weight excluding hydrogens is 254 g/mol. The molecule has 1 saturated heterocycles. The Kier molecular flexibility index (Phi) is 3.47. The first kappa shape index (κ1) is 13.1. The van der Waals surface area contributed by atoms with Gasteiger partial charge in [-0.25, -0.2) is 8.42 Å². The van der Waals surface area contributed by atoms with Gasteiger partial charge in [0.2, 0.25) is 5.91 Å². The molecule has 1 amide bonds. The Bertz CT molecular complexity index is 546. The molecule has 0 spiro atoms. The van der Waals surface area contributed by atoms with E-state index in [1.807, 2.05) is 19.1 Å². The molecule has 1 atom stereocenters. The van der Waals surface area contributed by atoms with Crippen LogP contribution in [0, 0.1) is 12.8 Å². The average Bonchev–Trinajstić information content (AvgIpc) is 2.83. The highest BCUT2D eigenvalue weighted by Crippen LogP contribution is 2.21. The smallest absolute Gasteiger partial charge is 0.226 e. The van der Waals surface area contributed by atoms with Gasteiger partial charge in [0.25, 0.3) is 0 Å². The molecular formula is C12H17NO4S. The lowest BCUT2D eigenvalue weighted by molar-refractivity contribution is -0.134. The molecule has 0 N–H and O–H groups in total. The first-order valence-corrected chi connectivity index (χ1v) is 7.70. The van der Waals surface area contributed by atoms with Gasteiger partial charge in [-0.1, -0.05) is 0 Å². The van der Waals surface area contributed by atoms with Gasteiger partial charge in [0.15, 0.2) is 9.84 Å². The molecule has 1 unspecified atom stereocenters. The van der Waals surface area contributed by atoms with Crippen molar-refractivity contribution in [3.8, 4) is 0 Å². The van der Waals surface area contributed by atoms with Crippen molar-refractivity contribution in [1.82, 2.24) is 4.90 Å². The third-order valence-corrected chi connectivity index (χ3v) is 4.91. The Hall–Kier alpha value is -1.30. The lowest BCUT2D eigenvalue weighted by atomic mass is 10.1. The number of aryl methyl sites for hydroxylation is 1. The molecule has 100 valence electrons. The average molecular weight is 271 g/mol. The normalized spacial score (nSPS) is 22.0. The Balaban J connectivity index is 1.97. The molecule has 1 aliphatic rings. The van der Waals surface area contributed by atoms with E-state index in [0.29, 0.717) is 18.7 Å². The molecule has 0 bridgehead atoms. The summed E-state index contributed by atoms with van der Waals surface area (Å²) in [7, 11) is -1.34. The van der Waals surface area contributed by atoms with E-state index in [4.69, 9.17) is 4.42 Å². The second kappa shape index (κ2) is 4.76. The molecule has 2 rings (SSSR count). The number of nitrogens with zero attached hydrogens (tertiary/aromatic N) is 1. The highest BCUT2D eigenvalue weighted by Gasteiger charge is 2.34. The first-order valence-electron chi connectivity index (χ1n) is 5.88. The van der Waals surface area contributed by atoms with Crippen LogP contribution in [0.4, 0.5) is 0 Å². The number of furan rings is 1. The Morgan fingerprint density at radius 3 is 2.72 bits per heavy atom. The van der Waals surface area contributed by atoms with Crippen molar-refractivity contribution in [3.63, 3.8) is 0 Å². The number of hydrogen-bond donors (Lipinski definition) is 0. The van der Waals surface area contributed by atoms with Gasteiger partial charge in [0.1, 0.15) is 11.5 Å². The zero-order chi connectivity index (χ0) is 13.3. The van der Waals surface area contributed by atoms with E-state index in [2.05, 4.69) is 0 Å². The van der Waals surface area contributed by atoms with Crippen molar-refractivity contribution >= 4 is 15.7 Å². The molecule has 18 heavy (non-hydrogen) atoms. The number of amides is 1. The van der Waals surface area contributed by atoms with Gasteiger partial charge < -0.3 is 9.32 Å². The topological polar surface area (TPSA) is 67.6 Å². The second-order valence-corrected chi connectivity index (χ2v) is 7.04. The van der Waals surface area contributed by atoms with E-state index in [1.54, 1.807) is 7.05 Å². The monoisotopic (exact) mass is 271 g/mol. The van der Waals surface area contributed by atoms with E-state index >= 15 is 0 Å². The van der Waals surface area contributed by atoms with Crippen molar-refractivity contribution in [2.45, 2.75) is 19.9 Å². The standard InChI is InChI=1S/C12H17NO4S/c1-9-3-4-11(17-9)7-13(2)12(14)10-5-6-18(15,16)8-10/h3-4,10H,5-8H2,1-2H3. The summed E-state index contributed by atoms with van der Waals surface area (Å²) < 4.78 is 28.1. The van der Waals surface area contributed by atoms with Crippen LogP contribution >= 0.6 is 0 Å². The summed E-state index contributed by atoms with van der Waals surface area (Å²) >= 11 is 0. The van der Waals surface area contributed by atoms with E-state index in [1.165, 1.54) is 4.90 Å². The lowest BCUT2D eigenvalue weighted by Crippen LogP contribution is -2.33. The van der Waals surface area contributed by atoms with E-state index in [-0.39, 0.29) is 17.4 Å². The maximum absolute atomic E-state index is 12.1. The fourth-order valence-electron chi connectivity index (χ4n) is 2.18. The van der Waals surface area contributed by atoms with Crippen LogP contribution in [0.25, 0.3) is 0 Å². The Morgan fingerprint density at radius 1 is 1.50 bits per heavy atom.